The predicted molar refractivity (Wildman–Crippen MR) is 238 cm³/mol. The van der Waals surface area contributed by atoms with Crippen LogP contribution in [0, 0.1) is 0 Å². The van der Waals surface area contributed by atoms with Gasteiger partial charge < -0.3 is 23.8 Å². The van der Waals surface area contributed by atoms with Crippen molar-refractivity contribution in [1.82, 2.24) is 0 Å². The maximum Gasteiger partial charge on any atom is 0.362 e. The maximum absolute atomic E-state index is 12.7. The molecule has 57 heavy (non-hydrogen) atoms. The second-order valence-electron chi connectivity index (χ2n) is 15.6. The van der Waals surface area contributed by atoms with E-state index in [1.54, 1.807) is 0 Å². The summed E-state index contributed by atoms with van der Waals surface area (Å²) in [5.41, 5.74) is 0. The molecule has 0 aliphatic rings. The zero-order chi connectivity index (χ0) is 42.1. The molecule has 0 saturated heterocycles. The number of likely N-dealkylation sites (N-methyl/N-ethyl adjacent to an activating group) is 1. The Kier molecular flexibility index (Phi) is 36.9. The molecule has 8 nitrogen and oxygen atoms in total. The van der Waals surface area contributed by atoms with Crippen molar-refractivity contribution in [3.05, 3.63) is 85.1 Å². The Morgan fingerprint density at radius 3 is 1.58 bits per heavy atom. The van der Waals surface area contributed by atoms with Crippen molar-refractivity contribution in [2.45, 2.75) is 167 Å². The summed E-state index contributed by atoms with van der Waals surface area (Å²) in [6.45, 7) is 4.50. The highest BCUT2D eigenvalue weighted by molar-refractivity contribution is 5.72. The van der Waals surface area contributed by atoms with Crippen LogP contribution in [-0.4, -0.2) is 80.6 Å². The molecule has 0 saturated carbocycles. The Bertz CT molecular complexity index is 1200. The average Bonchev–Trinajstić information content (AvgIpc) is 3.17. The van der Waals surface area contributed by atoms with Gasteiger partial charge in [-0.05, 0) is 77.0 Å². The molecule has 0 aromatic heterocycles. The van der Waals surface area contributed by atoms with Crippen molar-refractivity contribution in [2.24, 2.45) is 0 Å². The van der Waals surface area contributed by atoms with Gasteiger partial charge in [0.15, 0.2) is 12.1 Å². The van der Waals surface area contributed by atoms with Gasteiger partial charge in [0.05, 0.1) is 34.4 Å². The van der Waals surface area contributed by atoms with Crippen LogP contribution in [0.2, 0.25) is 0 Å². The smallest absolute Gasteiger partial charge is 0.362 e. The first-order chi connectivity index (χ1) is 27.6. The fourth-order valence-corrected chi connectivity index (χ4v) is 5.86. The molecule has 0 fully saturated rings. The zero-order valence-electron chi connectivity index (χ0n) is 36.8. The number of carboxylic acid groups (broad SMARTS) is 1. The third-order valence-electron chi connectivity index (χ3n) is 9.31. The first kappa shape index (κ1) is 53.5. The Morgan fingerprint density at radius 2 is 1.04 bits per heavy atom. The molecule has 1 N–H and O–H groups in total. The van der Waals surface area contributed by atoms with Crippen LogP contribution in [0.5, 0.6) is 0 Å². The van der Waals surface area contributed by atoms with E-state index in [4.69, 9.17) is 14.2 Å². The van der Waals surface area contributed by atoms with Crippen LogP contribution >= 0.6 is 0 Å². The van der Waals surface area contributed by atoms with E-state index in [0.717, 1.165) is 96.3 Å². The third-order valence-corrected chi connectivity index (χ3v) is 9.31. The van der Waals surface area contributed by atoms with Crippen LogP contribution in [-0.2, 0) is 28.6 Å². The molecule has 0 aliphatic carbocycles. The number of unbranched alkanes of at least 4 members (excludes halogenated alkanes) is 11. The monoisotopic (exact) mass is 797 g/mol. The zero-order valence-corrected chi connectivity index (χ0v) is 36.8. The lowest BCUT2D eigenvalue weighted by molar-refractivity contribution is -0.887. The molecule has 0 spiro atoms. The molecule has 2 unspecified atom stereocenters. The van der Waals surface area contributed by atoms with Gasteiger partial charge in [0.2, 0.25) is 0 Å². The molecule has 324 valence electrons. The first-order valence-corrected chi connectivity index (χ1v) is 22.1. The Morgan fingerprint density at radius 1 is 0.561 bits per heavy atom. The van der Waals surface area contributed by atoms with E-state index in [1.165, 1.54) is 25.7 Å². The number of ether oxygens (including phenoxy) is 3. The van der Waals surface area contributed by atoms with Crippen LogP contribution in [0.25, 0.3) is 0 Å². The number of carboxylic acids is 1. The summed E-state index contributed by atoms with van der Waals surface area (Å²) in [6.07, 6.45) is 50.6. The molecule has 0 rings (SSSR count). The van der Waals surface area contributed by atoms with Gasteiger partial charge in [0.1, 0.15) is 6.61 Å². The van der Waals surface area contributed by atoms with Crippen molar-refractivity contribution in [3.8, 4) is 0 Å². The highest BCUT2D eigenvalue weighted by atomic mass is 16.6. The molecular formula is C49H82NO7+. The van der Waals surface area contributed by atoms with Gasteiger partial charge in [-0.1, -0.05) is 144 Å². The van der Waals surface area contributed by atoms with Crippen LogP contribution in [0.4, 0.5) is 0 Å². The topological polar surface area (TPSA) is 99.1 Å². The lowest BCUT2D eigenvalue weighted by atomic mass is 10.1. The minimum Gasteiger partial charge on any atom is -0.477 e. The van der Waals surface area contributed by atoms with Crippen LogP contribution in [0.1, 0.15) is 155 Å². The summed E-state index contributed by atoms with van der Waals surface area (Å²) >= 11 is 0. The standard InChI is InChI=1S/C49H81NO7/c1-6-8-10-12-14-16-18-19-20-21-22-23-24-25-26-27-28-30-31-33-35-37-39-47(51)56-44-45(43-55-42-41-46(49(53)54)50(3,4)5)57-48(52)40-38-36-34-32-29-17-15-13-11-9-7-2/h8,10,13-17,19-20,22-23,25-26,29,45-46H,6-7,9,11-12,18,21,24,27-28,30-44H2,1-5H3/p+1/b10-8+,15-13+,16-14+,20-19+,23-22+,26-25+,29-17+. The summed E-state index contributed by atoms with van der Waals surface area (Å²) in [4.78, 5) is 36.9. The number of hydrogen-bond donors (Lipinski definition) is 1. The van der Waals surface area contributed by atoms with E-state index in [9.17, 15) is 19.5 Å². The van der Waals surface area contributed by atoms with Gasteiger partial charge in [-0.2, -0.15) is 0 Å². The average molecular weight is 797 g/mol. The summed E-state index contributed by atoms with van der Waals surface area (Å²) in [7, 11) is 5.50. The number of aliphatic carboxylic acids is 1. The molecule has 0 bridgehead atoms. The number of hydrogen-bond acceptors (Lipinski definition) is 6. The molecule has 0 heterocycles. The lowest BCUT2D eigenvalue weighted by Gasteiger charge is -2.31. The van der Waals surface area contributed by atoms with Crippen LogP contribution in [0.3, 0.4) is 0 Å². The molecular weight excluding hydrogens is 715 g/mol. The number of carbonyl (C=O) groups excluding carboxylic acids is 2. The van der Waals surface area contributed by atoms with Crippen molar-refractivity contribution in [2.75, 3.05) is 41.0 Å². The summed E-state index contributed by atoms with van der Waals surface area (Å²) in [5.74, 6) is -1.54. The van der Waals surface area contributed by atoms with Gasteiger partial charge in [-0.15, -0.1) is 0 Å². The number of allylic oxidation sites excluding steroid dienone is 14. The van der Waals surface area contributed by atoms with Gasteiger partial charge in [-0.25, -0.2) is 4.79 Å². The van der Waals surface area contributed by atoms with E-state index in [2.05, 4.69) is 98.9 Å². The molecule has 0 aromatic carbocycles. The molecule has 2 atom stereocenters. The third kappa shape index (κ3) is 37.8. The van der Waals surface area contributed by atoms with Crippen molar-refractivity contribution >= 4 is 17.9 Å². The van der Waals surface area contributed by atoms with Gasteiger partial charge in [0, 0.05) is 19.3 Å². The normalized spacial score (nSPS) is 13.8. The van der Waals surface area contributed by atoms with Crippen molar-refractivity contribution in [1.29, 1.82) is 0 Å². The fourth-order valence-electron chi connectivity index (χ4n) is 5.86. The predicted octanol–water partition coefficient (Wildman–Crippen LogP) is 12.1. The molecule has 8 heteroatoms. The number of nitrogens with zero attached hydrogens (tertiary/aromatic N) is 1. The molecule has 0 aromatic rings. The van der Waals surface area contributed by atoms with E-state index >= 15 is 0 Å². The number of quaternary nitrogens is 1. The minimum absolute atomic E-state index is 0.0404. The highest BCUT2D eigenvalue weighted by Crippen LogP contribution is 2.12. The van der Waals surface area contributed by atoms with Crippen molar-refractivity contribution < 1.29 is 38.2 Å². The second-order valence-corrected chi connectivity index (χ2v) is 15.6. The molecule has 0 radical (unpaired) electrons. The first-order valence-electron chi connectivity index (χ1n) is 22.1. The number of carbonyl (C=O) groups is 3. The lowest BCUT2D eigenvalue weighted by Crippen LogP contribution is -2.50. The van der Waals surface area contributed by atoms with Crippen molar-refractivity contribution in [3.63, 3.8) is 0 Å². The SMILES string of the molecule is CC/C=C/C/C=C/C/C=C/C/C=C/C/C=C/CCCCCCCCC(=O)OCC(COCCC(C(=O)O)[N+](C)(C)C)OC(=O)CCCCC/C=C/C=C/CCCC. The van der Waals surface area contributed by atoms with E-state index < -0.39 is 18.1 Å². The summed E-state index contributed by atoms with van der Waals surface area (Å²) in [5, 5.41) is 9.61. The Balaban J connectivity index is 4.34. The van der Waals surface area contributed by atoms with E-state index in [0.29, 0.717) is 12.8 Å². The highest BCUT2D eigenvalue weighted by Gasteiger charge is 2.31. The quantitative estimate of drug-likeness (QED) is 0.0218. The van der Waals surface area contributed by atoms with Crippen LogP contribution < -0.4 is 0 Å². The summed E-state index contributed by atoms with van der Waals surface area (Å²) < 4.78 is 17.2. The van der Waals surface area contributed by atoms with Gasteiger partial charge >= 0.3 is 17.9 Å². The van der Waals surface area contributed by atoms with Crippen LogP contribution in [0.15, 0.2) is 85.1 Å². The Labute approximate surface area is 348 Å². The second kappa shape index (κ2) is 39.3. The fraction of sp³-hybridized carbons (Fsp3) is 0.653. The van der Waals surface area contributed by atoms with E-state index in [-0.39, 0.29) is 42.7 Å². The number of rotatable bonds is 38. The summed E-state index contributed by atoms with van der Waals surface area (Å²) in [6, 6.07) is -0.625. The molecule has 0 amide bonds. The minimum atomic E-state index is -0.886. The largest absolute Gasteiger partial charge is 0.477 e. The van der Waals surface area contributed by atoms with E-state index in [1.807, 2.05) is 21.1 Å². The van der Waals surface area contributed by atoms with Gasteiger partial charge in [0.25, 0.3) is 0 Å². The maximum atomic E-state index is 12.7. The molecule has 0 aliphatic heterocycles. The number of esters is 2. The Hall–Kier alpha value is -3.49. The van der Waals surface area contributed by atoms with Gasteiger partial charge in [-0.3, -0.25) is 9.59 Å².